The standard InChI is InChI=1S/C7H20SSi/c1-4-6-8(3)9-7-5-2/h8H,4-7,9H2,1-3H3. The minimum Gasteiger partial charge on any atom is -0.274 e. The molecule has 0 fully saturated rings. The van der Waals surface area contributed by atoms with Crippen molar-refractivity contribution in [3.05, 3.63) is 0 Å². The molecule has 0 aromatic carbocycles. The molecule has 0 aromatic heterocycles. The molecule has 0 rings (SSSR count). The Bertz CT molecular complexity index is 56.9. The van der Waals surface area contributed by atoms with E-state index in [1.54, 1.807) is 11.8 Å². The summed E-state index contributed by atoms with van der Waals surface area (Å²) in [4.78, 5) is 0. The quantitative estimate of drug-likeness (QED) is 0.466. The van der Waals surface area contributed by atoms with Crippen LogP contribution in [0.15, 0.2) is 0 Å². The van der Waals surface area contributed by atoms with Crippen LogP contribution in [-0.4, -0.2) is 20.7 Å². The predicted molar refractivity (Wildman–Crippen MR) is 53.7 cm³/mol. The molecule has 0 aliphatic rings. The smallest absolute Gasteiger partial charge is 0.0622 e. The maximum absolute atomic E-state index is 2.49. The average molecular weight is 164 g/mol. The molecule has 0 aromatic rings. The molecule has 0 saturated carbocycles. The zero-order valence-corrected chi connectivity index (χ0v) is 9.29. The Hall–Kier alpha value is 0.567. The van der Waals surface area contributed by atoms with Crippen molar-refractivity contribution >= 4 is 19.0 Å². The van der Waals surface area contributed by atoms with Gasteiger partial charge in [-0.3, -0.25) is 10.3 Å². The van der Waals surface area contributed by atoms with E-state index in [1.165, 1.54) is 12.8 Å². The molecule has 1 unspecified atom stereocenters. The summed E-state index contributed by atoms with van der Waals surface area (Å²) in [6, 6.07) is 1.59. The van der Waals surface area contributed by atoms with E-state index in [9.17, 15) is 0 Å². The van der Waals surface area contributed by atoms with Crippen LogP contribution in [0.2, 0.25) is 6.04 Å². The Balaban J connectivity index is 2.95. The maximum atomic E-state index is 2.49. The highest BCUT2D eigenvalue weighted by Crippen LogP contribution is 2.19. The summed E-state index contributed by atoms with van der Waals surface area (Å²) in [5, 5.41) is 0. The Morgan fingerprint density at radius 3 is 2.33 bits per heavy atom. The molecule has 58 valence electrons. The largest absolute Gasteiger partial charge is 0.274 e. The molecule has 2 heteroatoms. The van der Waals surface area contributed by atoms with E-state index in [0.717, 1.165) is 0 Å². The molecule has 0 aliphatic carbocycles. The minimum absolute atomic E-state index is 0.389. The van der Waals surface area contributed by atoms with Crippen molar-refractivity contribution in [3.63, 3.8) is 0 Å². The van der Waals surface area contributed by atoms with Gasteiger partial charge >= 0.3 is 0 Å². The molecule has 9 heavy (non-hydrogen) atoms. The van der Waals surface area contributed by atoms with Gasteiger partial charge in [-0.15, -0.1) is 0 Å². The van der Waals surface area contributed by atoms with Crippen molar-refractivity contribution in [2.24, 2.45) is 0 Å². The normalized spacial score (nSPS) is 17.0. The van der Waals surface area contributed by atoms with Crippen molar-refractivity contribution < 1.29 is 0 Å². The van der Waals surface area contributed by atoms with Gasteiger partial charge in [0, 0.05) is 0 Å². The molecule has 0 nitrogen and oxygen atoms in total. The van der Waals surface area contributed by atoms with Crippen LogP contribution in [0.1, 0.15) is 26.7 Å². The van der Waals surface area contributed by atoms with Gasteiger partial charge in [0.25, 0.3) is 0 Å². The molecular formula is C7H20SSi. The van der Waals surface area contributed by atoms with Gasteiger partial charge in [-0.05, 0) is 18.4 Å². The van der Waals surface area contributed by atoms with Gasteiger partial charge < -0.3 is 0 Å². The van der Waals surface area contributed by atoms with Gasteiger partial charge in [0.1, 0.15) is 0 Å². The number of hydrogen-bond donors (Lipinski definition) is 1. The van der Waals surface area contributed by atoms with Gasteiger partial charge in [-0.1, -0.05) is 26.3 Å². The summed E-state index contributed by atoms with van der Waals surface area (Å²) in [7, 11) is 0.942. The second-order valence-corrected chi connectivity index (χ2v) is 10.6. The molecule has 1 atom stereocenters. The van der Waals surface area contributed by atoms with E-state index < -0.39 is 0 Å². The summed E-state index contributed by atoms with van der Waals surface area (Å²) in [5.74, 6) is 1.54. The lowest BCUT2D eigenvalue weighted by molar-refractivity contribution is 1.08. The molecule has 0 amide bonds. The van der Waals surface area contributed by atoms with Crippen molar-refractivity contribution in [2.45, 2.75) is 32.7 Å². The van der Waals surface area contributed by atoms with Crippen molar-refractivity contribution in [1.29, 1.82) is 0 Å². The highest BCUT2D eigenvalue weighted by molar-refractivity contribution is 8.37. The zero-order valence-electron chi connectivity index (χ0n) is 6.98. The van der Waals surface area contributed by atoms with Gasteiger partial charge in [-0.2, -0.15) is 0 Å². The van der Waals surface area contributed by atoms with E-state index in [-0.39, 0.29) is 0 Å². The predicted octanol–water partition coefficient (Wildman–Crippen LogP) is 1.94. The summed E-state index contributed by atoms with van der Waals surface area (Å²) in [6.45, 7) is 4.61. The molecule has 0 radical (unpaired) electrons. The van der Waals surface area contributed by atoms with Gasteiger partial charge in [-0.25, -0.2) is 0 Å². The maximum Gasteiger partial charge on any atom is 0.0622 e. The van der Waals surface area contributed by atoms with Crippen LogP contribution in [0.3, 0.4) is 0 Å². The topological polar surface area (TPSA) is 0 Å². The van der Waals surface area contributed by atoms with Crippen LogP contribution in [0.5, 0.6) is 0 Å². The second-order valence-electron chi connectivity index (χ2n) is 2.66. The highest BCUT2D eigenvalue weighted by Gasteiger charge is 1.93. The number of rotatable bonds is 5. The van der Waals surface area contributed by atoms with Gasteiger partial charge in [0.15, 0.2) is 0 Å². The van der Waals surface area contributed by atoms with E-state index in [2.05, 4.69) is 20.1 Å². The minimum atomic E-state index is 0.389. The summed E-state index contributed by atoms with van der Waals surface area (Å²) in [6.07, 6.45) is 5.34. The van der Waals surface area contributed by atoms with Crippen LogP contribution in [0.25, 0.3) is 0 Å². The SMILES string of the molecule is CCC[SiH2][SH](C)CCC. The van der Waals surface area contributed by atoms with Crippen LogP contribution in [0.4, 0.5) is 0 Å². The van der Waals surface area contributed by atoms with E-state index in [1.807, 2.05) is 0 Å². The van der Waals surface area contributed by atoms with E-state index in [0.29, 0.717) is 19.0 Å². The Kier molecular flexibility index (Phi) is 7.10. The van der Waals surface area contributed by atoms with Crippen molar-refractivity contribution in [1.82, 2.24) is 0 Å². The van der Waals surface area contributed by atoms with Gasteiger partial charge in [0.2, 0.25) is 0 Å². The lowest BCUT2D eigenvalue weighted by atomic mass is 10.6. The first-order valence-corrected chi connectivity index (χ1v) is 9.05. The molecular weight excluding hydrogens is 144 g/mol. The summed E-state index contributed by atoms with van der Waals surface area (Å²) < 4.78 is 0. The fourth-order valence-corrected chi connectivity index (χ4v) is 6.95. The number of thiol groups is 1. The van der Waals surface area contributed by atoms with Crippen LogP contribution in [-0.2, 0) is 0 Å². The third kappa shape index (κ3) is 6.45. The fourth-order valence-electron chi connectivity index (χ4n) is 0.922. The molecule has 0 saturated heterocycles. The Morgan fingerprint density at radius 1 is 1.22 bits per heavy atom. The lowest BCUT2D eigenvalue weighted by Gasteiger charge is -2.12. The van der Waals surface area contributed by atoms with Crippen LogP contribution in [0, 0.1) is 0 Å². The monoisotopic (exact) mass is 164 g/mol. The summed E-state index contributed by atoms with van der Waals surface area (Å²) >= 11 is 0. The Labute approximate surface area is 64.2 Å². The highest BCUT2D eigenvalue weighted by atomic mass is 32.4. The van der Waals surface area contributed by atoms with E-state index in [4.69, 9.17) is 0 Å². The van der Waals surface area contributed by atoms with Crippen molar-refractivity contribution in [2.75, 3.05) is 12.0 Å². The van der Waals surface area contributed by atoms with Crippen molar-refractivity contribution in [3.8, 4) is 0 Å². The third-order valence-corrected chi connectivity index (χ3v) is 8.68. The Morgan fingerprint density at radius 2 is 1.89 bits per heavy atom. The first-order valence-electron chi connectivity index (χ1n) is 3.99. The first kappa shape index (κ1) is 9.57. The van der Waals surface area contributed by atoms with Crippen LogP contribution < -0.4 is 0 Å². The molecule has 0 heterocycles. The van der Waals surface area contributed by atoms with Gasteiger partial charge in [0.05, 0.1) is 8.67 Å². The fraction of sp³-hybridized carbons (Fsp3) is 1.00. The zero-order chi connectivity index (χ0) is 7.11. The van der Waals surface area contributed by atoms with Crippen LogP contribution >= 0.6 is 10.3 Å². The first-order chi connectivity index (χ1) is 4.31. The molecule has 0 aliphatic heterocycles. The molecule has 0 bridgehead atoms. The number of hydrogen-bond acceptors (Lipinski definition) is 0. The molecule has 0 spiro atoms. The van der Waals surface area contributed by atoms with E-state index >= 15 is 0 Å². The third-order valence-electron chi connectivity index (χ3n) is 1.50. The molecule has 0 N–H and O–H groups in total. The second kappa shape index (κ2) is 6.68. The summed E-state index contributed by atoms with van der Waals surface area (Å²) in [5.41, 5.74) is 0. The average Bonchev–Trinajstić information content (AvgIpc) is 1.85. The lowest BCUT2D eigenvalue weighted by Crippen LogP contribution is -1.94.